The molecule has 3 unspecified atom stereocenters. The third-order valence-electron chi connectivity index (χ3n) is 5.72. The molecule has 2 bridgehead atoms. The smallest absolute Gasteiger partial charge is 0.414 e. The predicted octanol–water partition coefficient (Wildman–Crippen LogP) is 1.74. The van der Waals surface area contributed by atoms with Crippen LogP contribution in [0.2, 0.25) is 0 Å². The Labute approximate surface area is 147 Å². The third kappa shape index (κ3) is 4.61. The highest BCUT2D eigenvalue weighted by Crippen LogP contribution is 2.46. The predicted molar refractivity (Wildman–Crippen MR) is 90.1 cm³/mol. The van der Waals surface area contributed by atoms with Gasteiger partial charge in [0.15, 0.2) is 0 Å². The van der Waals surface area contributed by atoms with Gasteiger partial charge in [0, 0.05) is 32.2 Å². The minimum Gasteiger partial charge on any atom is -0.473 e. The Morgan fingerprint density at radius 2 is 1.80 bits per heavy atom. The first-order chi connectivity index (χ1) is 12.0. The standard InChI is InChI=1S/C16H24N2O.C2H2O4/c1-2-15(19-9-1)12-17-5-7-18(8-6-17)16-11-13-3-4-14(16)10-13;3-1(4)2(5)6/h1-2,9,13-14,16H,3-8,10-12H2;(H,3,4)(H,5,6). The zero-order valence-corrected chi connectivity index (χ0v) is 14.3. The summed E-state index contributed by atoms with van der Waals surface area (Å²) in [6.45, 7) is 5.91. The highest BCUT2D eigenvalue weighted by Gasteiger charge is 2.42. The molecule has 0 spiro atoms. The monoisotopic (exact) mass is 350 g/mol. The van der Waals surface area contributed by atoms with E-state index in [1.165, 1.54) is 51.9 Å². The zero-order chi connectivity index (χ0) is 17.8. The van der Waals surface area contributed by atoms with E-state index in [9.17, 15) is 0 Å². The maximum absolute atomic E-state index is 9.10. The molecule has 7 nitrogen and oxygen atoms in total. The molecule has 1 aromatic rings. The molecule has 7 heteroatoms. The lowest BCUT2D eigenvalue weighted by Crippen LogP contribution is -2.51. The van der Waals surface area contributed by atoms with Gasteiger partial charge in [-0.15, -0.1) is 0 Å². The van der Waals surface area contributed by atoms with Crippen LogP contribution in [-0.2, 0) is 16.1 Å². The van der Waals surface area contributed by atoms with E-state index in [0.29, 0.717) is 0 Å². The number of furan rings is 1. The van der Waals surface area contributed by atoms with Crippen molar-refractivity contribution >= 4 is 11.9 Å². The van der Waals surface area contributed by atoms with Crippen molar-refractivity contribution in [1.82, 2.24) is 9.80 Å². The second-order valence-corrected chi connectivity index (χ2v) is 7.24. The number of carboxylic acids is 2. The number of carbonyl (C=O) groups is 2. The summed E-state index contributed by atoms with van der Waals surface area (Å²) in [6.07, 6.45) is 7.81. The highest BCUT2D eigenvalue weighted by molar-refractivity contribution is 6.27. The van der Waals surface area contributed by atoms with Crippen LogP contribution in [0, 0.1) is 11.8 Å². The molecule has 3 fully saturated rings. The Morgan fingerprint density at radius 1 is 1.08 bits per heavy atom. The molecule has 25 heavy (non-hydrogen) atoms. The van der Waals surface area contributed by atoms with Crippen LogP contribution in [0.1, 0.15) is 31.4 Å². The summed E-state index contributed by atoms with van der Waals surface area (Å²) in [6, 6.07) is 4.99. The molecule has 2 N–H and O–H groups in total. The van der Waals surface area contributed by atoms with Gasteiger partial charge in [0.05, 0.1) is 12.8 Å². The van der Waals surface area contributed by atoms with Crippen LogP contribution in [0.3, 0.4) is 0 Å². The van der Waals surface area contributed by atoms with Crippen molar-refractivity contribution in [2.75, 3.05) is 26.2 Å². The summed E-state index contributed by atoms with van der Waals surface area (Å²) in [7, 11) is 0. The van der Waals surface area contributed by atoms with Gasteiger partial charge >= 0.3 is 11.9 Å². The second-order valence-electron chi connectivity index (χ2n) is 7.24. The third-order valence-corrected chi connectivity index (χ3v) is 5.72. The second kappa shape index (κ2) is 8.01. The van der Waals surface area contributed by atoms with Crippen LogP contribution in [0.25, 0.3) is 0 Å². The number of carboxylic acid groups (broad SMARTS) is 2. The van der Waals surface area contributed by atoms with Crippen LogP contribution < -0.4 is 0 Å². The van der Waals surface area contributed by atoms with Crippen molar-refractivity contribution in [2.45, 2.75) is 38.3 Å². The molecule has 0 radical (unpaired) electrons. The number of rotatable bonds is 3. The van der Waals surface area contributed by atoms with E-state index in [2.05, 4.69) is 15.9 Å². The molecular weight excluding hydrogens is 324 g/mol. The molecule has 2 aliphatic carbocycles. The molecule has 2 saturated carbocycles. The summed E-state index contributed by atoms with van der Waals surface area (Å²) in [5.41, 5.74) is 0. The fourth-order valence-corrected chi connectivity index (χ4v) is 4.53. The summed E-state index contributed by atoms with van der Waals surface area (Å²) >= 11 is 0. The minimum atomic E-state index is -1.82. The van der Waals surface area contributed by atoms with Crippen molar-refractivity contribution < 1.29 is 24.2 Å². The molecule has 3 atom stereocenters. The van der Waals surface area contributed by atoms with E-state index in [0.717, 1.165) is 30.2 Å². The van der Waals surface area contributed by atoms with Gasteiger partial charge < -0.3 is 14.6 Å². The van der Waals surface area contributed by atoms with E-state index >= 15 is 0 Å². The molecule has 138 valence electrons. The quantitative estimate of drug-likeness (QED) is 0.802. The fraction of sp³-hybridized carbons (Fsp3) is 0.667. The van der Waals surface area contributed by atoms with Gasteiger partial charge in [-0.2, -0.15) is 0 Å². The topological polar surface area (TPSA) is 94.2 Å². The first-order valence-corrected chi connectivity index (χ1v) is 8.98. The largest absolute Gasteiger partial charge is 0.473 e. The number of piperazine rings is 1. The van der Waals surface area contributed by atoms with Crippen LogP contribution in [0.5, 0.6) is 0 Å². The van der Waals surface area contributed by atoms with Gasteiger partial charge in [0.2, 0.25) is 0 Å². The number of fused-ring (bicyclic) bond motifs is 2. The van der Waals surface area contributed by atoms with Crippen molar-refractivity contribution in [3.63, 3.8) is 0 Å². The lowest BCUT2D eigenvalue weighted by molar-refractivity contribution is -0.159. The van der Waals surface area contributed by atoms with E-state index < -0.39 is 11.9 Å². The first-order valence-electron chi connectivity index (χ1n) is 8.98. The van der Waals surface area contributed by atoms with Crippen molar-refractivity contribution in [3.05, 3.63) is 24.2 Å². The minimum absolute atomic E-state index is 0.921. The Bertz CT molecular complexity index is 568. The fourth-order valence-electron chi connectivity index (χ4n) is 4.53. The van der Waals surface area contributed by atoms with Crippen LogP contribution in [-0.4, -0.2) is 64.2 Å². The van der Waals surface area contributed by atoms with Crippen molar-refractivity contribution in [2.24, 2.45) is 11.8 Å². The lowest BCUT2D eigenvalue weighted by atomic mass is 9.93. The Kier molecular flexibility index (Phi) is 5.75. The van der Waals surface area contributed by atoms with Crippen molar-refractivity contribution in [3.8, 4) is 0 Å². The molecule has 0 aromatic carbocycles. The van der Waals surface area contributed by atoms with Gasteiger partial charge in [-0.3, -0.25) is 9.80 Å². The molecule has 1 aromatic heterocycles. The number of hydrogen-bond acceptors (Lipinski definition) is 5. The highest BCUT2D eigenvalue weighted by atomic mass is 16.4. The number of aliphatic carboxylic acids is 2. The molecule has 1 aliphatic heterocycles. The van der Waals surface area contributed by atoms with E-state index in [1.54, 1.807) is 6.26 Å². The van der Waals surface area contributed by atoms with Gasteiger partial charge in [0.25, 0.3) is 0 Å². The molecule has 3 aliphatic rings. The van der Waals surface area contributed by atoms with Crippen molar-refractivity contribution in [1.29, 1.82) is 0 Å². The molecular formula is C18H26N2O5. The zero-order valence-electron chi connectivity index (χ0n) is 14.3. The summed E-state index contributed by atoms with van der Waals surface area (Å²) < 4.78 is 5.45. The van der Waals surface area contributed by atoms with Crippen LogP contribution in [0.4, 0.5) is 0 Å². The lowest BCUT2D eigenvalue weighted by Gasteiger charge is -2.40. The summed E-state index contributed by atoms with van der Waals surface area (Å²) in [5, 5.41) is 14.8. The average molecular weight is 350 g/mol. The molecule has 1 saturated heterocycles. The Hall–Kier alpha value is -1.86. The van der Waals surface area contributed by atoms with Crippen LogP contribution >= 0.6 is 0 Å². The van der Waals surface area contributed by atoms with Gasteiger partial charge in [-0.25, -0.2) is 9.59 Å². The molecule has 0 amide bonds. The maximum atomic E-state index is 9.10. The maximum Gasteiger partial charge on any atom is 0.414 e. The van der Waals surface area contributed by atoms with Gasteiger partial charge in [-0.05, 0) is 43.2 Å². The van der Waals surface area contributed by atoms with E-state index in [-0.39, 0.29) is 0 Å². The average Bonchev–Trinajstić information content (AvgIpc) is 3.34. The summed E-state index contributed by atoms with van der Waals surface area (Å²) in [4.78, 5) is 23.5. The van der Waals surface area contributed by atoms with Crippen LogP contribution in [0.15, 0.2) is 22.8 Å². The van der Waals surface area contributed by atoms with E-state index in [1.807, 2.05) is 6.07 Å². The Balaban J connectivity index is 0.000000265. The van der Waals surface area contributed by atoms with E-state index in [4.69, 9.17) is 24.2 Å². The SMILES string of the molecule is O=C(O)C(=O)O.c1coc(CN2CCN(C3CC4CCC3C4)CC2)c1. The van der Waals surface area contributed by atoms with Gasteiger partial charge in [-0.1, -0.05) is 6.42 Å². The number of nitrogens with zero attached hydrogens (tertiary/aromatic N) is 2. The molecule has 2 heterocycles. The normalized spacial score (nSPS) is 29.2. The summed E-state index contributed by atoms with van der Waals surface area (Å²) in [5.74, 6) is -0.448. The first kappa shape index (κ1) is 17.9. The van der Waals surface area contributed by atoms with Gasteiger partial charge in [0.1, 0.15) is 5.76 Å². The Morgan fingerprint density at radius 3 is 2.28 bits per heavy atom. The number of hydrogen-bond donors (Lipinski definition) is 2. The molecule has 4 rings (SSSR count).